The molecular weight excluding hydrogens is 502 g/mol. The topological polar surface area (TPSA) is 31.2 Å². The van der Waals surface area contributed by atoms with Gasteiger partial charge in [-0.3, -0.25) is 0 Å². The highest BCUT2D eigenvalue weighted by molar-refractivity contribution is 6.18. The van der Waals surface area contributed by atoms with Gasteiger partial charge in [-0.1, -0.05) is 97.1 Å². The maximum absolute atomic E-state index is 6.77. The van der Waals surface area contributed by atoms with Gasteiger partial charge in [-0.25, -0.2) is 0 Å². The van der Waals surface area contributed by atoms with Crippen LogP contribution in [-0.2, 0) is 0 Å². The molecule has 192 valence electrons. The number of nitrogens with zero attached hydrogens (tertiary/aromatic N) is 1. The lowest BCUT2D eigenvalue weighted by Gasteiger charge is -2.09. The summed E-state index contributed by atoms with van der Waals surface area (Å²) < 4.78 is 15.4. The summed E-state index contributed by atoms with van der Waals surface area (Å²) in [7, 11) is 0. The van der Waals surface area contributed by atoms with E-state index in [1.54, 1.807) is 0 Å². The maximum Gasteiger partial charge on any atom is 0.161 e. The van der Waals surface area contributed by atoms with Crippen LogP contribution in [0.1, 0.15) is 0 Å². The first-order valence-electron chi connectivity index (χ1n) is 13.9. The van der Waals surface area contributed by atoms with Crippen molar-refractivity contribution in [3.63, 3.8) is 0 Å². The lowest BCUT2D eigenvalue weighted by atomic mass is 9.97. The van der Waals surface area contributed by atoms with Crippen LogP contribution in [-0.4, -0.2) is 4.57 Å². The molecule has 0 aliphatic carbocycles. The molecule has 9 aromatic rings. The smallest absolute Gasteiger partial charge is 0.161 e. The van der Waals surface area contributed by atoms with E-state index in [4.69, 9.17) is 8.83 Å². The van der Waals surface area contributed by atoms with E-state index < -0.39 is 0 Å². The van der Waals surface area contributed by atoms with Gasteiger partial charge in [0.25, 0.3) is 0 Å². The van der Waals surface area contributed by atoms with Crippen LogP contribution in [0.25, 0.3) is 82.9 Å². The molecule has 3 aromatic heterocycles. The molecule has 41 heavy (non-hydrogen) atoms. The van der Waals surface area contributed by atoms with Gasteiger partial charge in [-0.2, -0.15) is 0 Å². The SMILES string of the molecule is c1ccc(-n2c3ccccc3c3oc4c(-c5cccc(-c6cccc7c6oc6ccccc67)c5)cccc4c32)cc1. The quantitative estimate of drug-likeness (QED) is 0.230. The number of benzene rings is 6. The van der Waals surface area contributed by atoms with Crippen LogP contribution in [0.4, 0.5) is 0 Å². The number of aromatic nitrogens is 1. The molecular formula is C38H23NO2. The van der Waals surface area contributed by atoms with Crippen LogP contribution in [0.3, 0.4) is 0 Å². The van der Waals surface area contributed by atoms with Crippen molar-refractivity contribution in [3.05, 3.63) is 140 Å². The van der Waals surface area contributed by atoms with Crippen molar-refractivity contribution in [2.75, 3.05) is 0 Å². The Morgan fingerprint density at radius 1 is 0.415 bits per heavy atom. The first kappa shape index (κ1) is 22.3. The Hall–Kier alpha value is -5.54. The fourth-order valence-corrected chi connectivity index (χ4v) is 6.39. The molecule has 9 rings (SSSR count). The molecule has 0 spiro atoms. The second-order valence-corrected chi connectivity index (χ2v) is 10.5. The van der Waals surface area contributed by atoms with E-state index in [-0.39, 0.29) is 0 Å². The molecule has 3 heterocycles. The van der Waals surface area contributed by atoms with Gasteiger partial charge in [-0.15, -0.1) is 0 Å². The lowest BCUT2D eigenvalue weighted by Crippen LogP contribution is -1.92. The summed E-state index contributed by atoms with van der Waals surface area (Å²) in [6.45, 7) is 0. The molecule has 3 heteroatoms. The van der Waals surface area contributed by atoms with Crippen LogP contribution in [0, 0.1) is 0 Å². The molecule has 3 nitrogen and oxygen atoms in total. The summed E-state index contributed by atoms with van der Waals surface area (Å²) in [5, 5.41) is 4.48. The Bertz CT molecular complexity index is 2420. The van der Waals surface area contributed by atoms with Gasteiger partial charge in [0.1, 0.15) is 22.3 Å². The van der Waals surface area contributed by atoms with Gasteiger partial charge in [0.15, 0.2) is 5.58 Å². The first-order chi connectivity index (χ1) is 20.3. The molecule has 0 fully saturated rings. The summed E-state index contributed by atoms with van der Waals surface area (Å²) in [5.74, 6) is 0. The fourth-order valence-electron chi connectivity index (χ4n) is 6.39. The number of rotatable bonds is 3. The Balaban J connectivity index is 1.28. The van der Waals surface area contributed by atoms with E-state index in [1.165, 1.54) is 0 Å². The van der Waals surface area contributed by atoms with Crippen molar-refractivity contribution in [1.29, 1.82) is 0 Å². The zero-order valence-electron chi connectivity index (χ0n) is 22.0. The van der Waals surface area contributed by atoms with Gasteiger partial charge >= 0.3 is 0 Å². The fraction of sp³-hybridized carbons (Fsp3) is 0. The van der Waals surface area contributed by atoms with E-state index in [0.29, 0.717) is 0 Å². The summed E-state index contributed by atoms with van der Waals surface area (Å²) in [6.07, 6.45) is 0. The van der Waals surface area contributed by atoms with Crippen molar-refractivity contribution >= 4 is 54.9 Å². The molecule has 0 saturated heterocycles. The average Bonchev–Trinajstić information content (AvgIpc) is 3.70. The number of para-hydroxylation sites is 5. The number of hydrogen-bond donors (Lipinski definition) is 0. The first-order valence-corrected chi connectivity index (χ1v) is 13.9. The minimum absolute atomic E-state index is 0.895. The van der Waals surface area contributed by atoms with Crippen molar-refractivity contribution in [3.8, 4) is 27.9 Å². The van der Waals surface area contributed by atoms with Crippen molar-refractivity contribution in [1.82, 2.24) is 4.57 Å². The minimum Gasteiger partial charge on any atom is -0.455 e. The van der Waals surface area contributed by atoms with Crippen LogP contribution in [0.2, 0.25) is 0 Å². The molecule has 0 N–H and O–H groups in total. The van der Waals surface area contributed by atoms with Crippen LogP contribution >= 0.6 is 0 Å². The number of hydrogen-bond acceptors (Lipinski definition) is 2. The maximum atomic E-state index is 6.77. The molecule has 0 radical (unpaired) electrons. The van der Waals surface area contributed by atoms with Gasteiger partial charge in [-0.05, 0) is 53.6 Å². The Labute approximate surface area is 235 Å². The van der Waals surface area contributed by atoms with Crippen LogP contribution < -0.4 is 0 Å². The van der Waals surface area contributed by atoms with Crippen LogP contribution in [0.5, 0.6) is 0 Å². The number of fused-ring (bicyclic) bond motifs is 8. The molecule has 0 unspecified atom stereocenters. The Morgan fingerprint density at radius 2 is 1.02 bits per heavy atom. The van der Waals surface area contributed by atoms with Gasteiger partial charge in [0.2, 0.25) is 0 Å². The zero-order chi connectivity index (χ0) is 26.9. The Kier molecular flexibility index (Phi) is 4.61. The van der Waals surface area contributed by atoms with Gasteiger partial charge < -0.3 is 13.4 Å². The third-order valence-corrected chi connectivity index (χ3v) is 8.21. The zero-order valence-corrected chi connectivity index (χ0v) is 22.0. The predicted molar refractivity (Wildman–Crippen MR) is 169 cm³/mol. The summed E-state index contributed by atoms with van der Waals surface area (Å²) in [5.41, 5.74) is 11.3. The second kappa shape index (κ2) is 8.48. The third-order valence-electron chi connectivity index (χ3n) is 8.21. The molecule has 0 atom stereocenters. The molecule has 0 saturated carbocycles. The van der Waals surface area contributed by atoms with Crippen molar-refractivity contribution < 1.29 is 8.83 Å². The highest BCUT2D eigenvalue weighted by Crippen LogP contribution is 2.43. The largest absolute Gasteiger partial charge is 0.455 e. The Morgan fingerprint density at radius 3 is 1.83 bits per heavy atom. The molecule has 0 bridgehead atoms. The average molecular weight is 526 g/mol. The monoisotopic (exact) mass is 525 g/mol. The molecule has 0 amide bonds. The molecule has 0 aliphatic heterocycles. The second-order valence-electron chi connectivity index (χ2n) is 10.5. The summed E-state index contributed by atoms with van der Waals surface area (Å²) in [4.78, 5) is 0. The summed E-state index contributed by atoms with van der Waals surface area (Å²) >= 11 is 0. The van der Waals surface area contributed by atoms with Crippen molar-refractivity contribution in [2.24, 2.45) is 0 Å². The molecule has 6 aromatic carbocycles. The normalized spacial score (nSPS) is 11.9. The predicted octanol–water partition coefficient (Wildman–Crippen LogP) is 10.8. The molecule has 0 aliphatic rings. The third kappa shape index (κ3) is 3.20. The van der Waals surface area contributed by atoms with Gasteiger partial charge in [0, 0.05) is 38.4 Å². The van der Waals surface area contributed by atoms with Gasteiger partial charge in [0.05, 0.1) is 5.52 Å². The van der Waals surface area contributed by atoms with E-state index in [9.17, 15) is 0 Å². The number of furan rings is 2. The highest BCUT2D eigenvalue weighted by atomic mass is 16.3. The van der Waals surface area contributed by atoms with Crippen molar-refractivity contribution in [2.45, 2.75) is 0 Å². The standard InChI is InChI=1S/C38H23NO2/c1-2-13-26(14-3-1)39-33-21-6-4-16-31(33)38-35(39)32-20-10-18-28(37(32)41-38)25-12-8-11-24(23-25)27-17-9-19-30-29-15-5-7-22-34(29)40-36(27)30/h1-23H. The van der Waals surface area contributed by atoms with Crippen LogP contribution in [0.15, 0.2) is 148 Å². The van der Waals surface area contributed by atoms with E-state index in [0.717, 1.165) is 82.9 Å². The van der Waals surface area contributed by atoms with E-state index in [2.05, 4.69) is 132 Å². The van der Waals surface area contributed by atoms with E-state index in [1.807, 2.05) is 12.1 Å². The highest BCUT2D eigenvalue weighted by Gasteiger charge is 2.21. The minimum atomic E-state index is 0.895. The van der Waals surface area contributed by atoms with E-state index >= 15 is 0 Å². The summed E-state index contributed by atoms with van der Waals surface area (Å²) in [6, 6.07) is 48.7. The lowest BCUT2D eigenvalue weighted by molar-refractivity contribution is 0.670.